The summed E-state index contributed by atoms with van der Waals surface area (Å²) in [5.41, 5.74) is 8.47. The molecule has 8 nitrogen and oxygen atoms in total. The highest BCUT2D eigenvalue weighted by molar-refractivity contribution is 5.96. The molecule has 27 heavy (non-hydrogen) atoms. The van der Waals surface area contributed by atoms with Crippen molar-refractivity contribution in [2.45, 2.75) is 20.4 Å². The monoisotopic (exact) mass is 371 g/mol. The minimum atomic E-state index is -0.885. The van der Waals surface area contributed by atoms with Crippen LogP contribution in [0, 0.1) is 24.0 Å². The fourth-order valence-electron chi connectivity index (χ4n) is 2.52. The van der Waals surface area contributed by atoms with Gasteiger partial charge in [-0.05, 0) is 31.0 Å². The maximum atomic E-state index is 12.2. The van der Waals surface area contributed by atoms with Gasteiger partial charge in [0.2, 0.25) is 0 Å². The zero-order valence-electron chi connectivity index (χ0n) is 15.4. The summed E-state index contributed by atoms with van der Waals surface area (Å²) in [5.74, 6) is -1.28. The first-order valence-corrected chi connectivity index (χ1v) is 8.20. The molecule has 0 spiro atoms. The fourth-order valence-corrected chi connectivity index (χ4v) is 2.52. The second-order valence-electron chi connectivity index (χ2n) is 6.28. The Hall–Kier alpha value is -3.42. The Balaban J connectivity index is 1.99. The average Bonchev–Trinajstić information content (AvgIpc) is 2.61. The number of nitro benzene ring substituents is 1. The summed E-state index contributed by atoms with van der Waals surface area (Å²) in [6.07, 6.45) is 0. The van der Waals surface area contributed by atoms with E-state index in [1.165, 1.54) is 17.0 Å². The third kappa shape index (κ3) is 5.04. The number of anilines is 1. The van der Waals surface area contributed by atoms with E-state index in [-0.39, 0.29) is 16.9 Å². The highest BCUT2D eigenvalue weighted by atomic mass is 16.6. The number of likely N-dealkylation sites (N-methyl/N-ethyl adjacent to an activating group) is 1. The number of benzene rings is 2. The lowest BCUT2D eigenvalue weighted by molar-refractivity contribution is -0.384. The lowest BCUT2D eigenvalue weighted by Gasteiger charge is -2.19. The second-order valence-corrected chi connectivity index (χ2v) is 6.28. The van der Waals surface area contributed by atoms with Crippen LogP contribution < -0.4 is 5.73 Å². The molecule has 0 aromatic heterocycles. The van der Waals surface area contributed by atoms with Crippen molar-refractivity contribution in [3.8, 4) is 0 Å². The van der Waals surface area contributed by atoms with Crippen LogP contribution in [0.3, 0.4) is 0 Å². The van der Waals surface area contributed by atoms with Gasteiger partial charge in [0.15, 0.2) is 6.61 Å². The van der Waals surface area contributed by atoms with Crippen LogP contribution in [0.1, 0.15) is 27.0 Å². The van der Waals surface area contributed by atoms with Crippen LogP contribution in [-0.2, 0) is 16.1 Å². The van der Waals surface area contributed by atoms with E-state index in [1.54, 1.807) is 7.05 Å². The van der Waals surface area contributed by atoms with Gasteiger partial charge in [-0.1, -0.05) is 23.8 Å². The number of hydrogen-bond acceptors (Lipinski definition) is 6. The molecule has 0 aliphatic carbocycles. The summed E-state index contributed by atoms with van der Waals surface area (Å²) in [6, 6.07) is 9.41. The van der Waals surface area contributed by atoms with Crippen LogP contribution in [-0.4, -0.2) is 35.4 Å². The predicted molar refractivity (Wildman–Crippen MR) is 100 cm³/mol. The molecule has 2 aromatic rings. The fraction of sp³-hybridized carbons (Fsp3) is 0.263. The molecule has 2 aromatic carbocycles. The van der Waals surface area contributed by atoms with Crippen LogP contribution in [0.5, 0.6) is 0 Å². The molecule has 0 fully saturated rings. The van der Waals surface area contributed by atoms with E-state index in [0.717, 1.165) is 22.8 Å². The van der Waals surface area contributed by atoms with Crippen molar-refractivity contribution >= 4 is 23.3 Å². The number of esters is 1. The molecule has 2 rings (SSSR count). The summed E-state index contributed by atoms with van der Waals surface area (Å²) < 4.78 is 4.98. The molecule has 8 heteroatoms. The Morgan fingerprint density at radius 2 is 1.89 bits per heavy atom. The number of nitrogens with zero attached hydrogens (tertiary/aromatic N) is 2. The number of nitro groups is 1. The van der Waals surface area contributed by atoms with Crippen LogP contribution >= 0.6 is 0 Å². The lowest BCUT2D eigenvalue weighted by Crippen LogP contribution is -2.31. The highest BCUT2D eigenvalue weighted by Crippen LogP contribution is 2.20. The number of carbonyl (C=O) groups is 2. The van der Waals surface area contributed by atoms with Gasteiger partial charge in [-0.2, -0.15) is 0 Å². The molecule has 0 saturated heterocycles. The van der Waals surface area contributed by atoms with Gasteiger partial charge in [0.25, 0.3) is 11.6 Å². The highest BCUT2D eigenvalue weighted by Gasteiger charge is 2.19. The van der Waals surface area contributed by atoms with Crippen molar-refractivity contribution in [2.24, 2.45) is 0 Å². The van der Waals surface area contributed by atoms with E-state index in [2.05, 4.69) is 0 Å². The Morgan fingerprint density at radius 3 is 2.52 bits per heavy atom. The lowest BCUT2D eigenvalue weighted by atomic mass is 10.1. The van der Waals surface area contributed by atoms with Gasteiger partial charge in [0.05, 0.1) is 10.5 Å². The topological polar surface area (TPSA) is 116 Å². The van der Waals surface area contributed by atoms with E-state index < -0.39 is 23.4 Å². The second kappa shape index (κ2) is 8.31. The zero-order chi connectivity index (χ0) is 20.1. The van der Waals surface area contributed by atoms with E-state index in [0.29, 0.717) is 6.54 Å². The molecule has 0 unspecified atom stereocenters. The number of nitrogens with two attached hydrogens (primary N) is 1. The van der Waals surface area contributed by atoms with Crippen molar-refractivity contribution in [1.82, 2.24) is 4.90 Å². The summed E-state index contributed by atoms with van der Waals surface area (Å²) in [4.78, 5) is 36.0. The standard InChI is InChI=1S/C19H21N3O5/c1-12-4-5-14(13(2)8-12)10-21(3)18(23)11-27-19(24)16-9-15(22(25)26)6-7-17(16)20/h4-9H,10-11,20H2,1-3H3. The van der Waals surface area contributed by atoms with E-state index in [1.807, 2.05) is 32.0 Å². The SMILES string of the molecule is Cc1ccc(CN(C)C(=O)COC(=O)c2cc([N+](=O)[O-])ccc2N)c(C)c1. The van der Waals surface area contributed by atoms with E-state index in [9.17, 15) is 19.7 Å². The molecule has 0 atom stereocenters. The molecular weight excluding hydrogens is 350 g/mol. The zero-order valence-corrected chi connectivity index (χ0v) is 15.4. The molecule has 0 aliphatic rings. The van der Waals surface area contributed by atoms with Gasteiger partial charge in [-0.15, -0.1) is 0 Å². The van der Waals surface area contributed by atoms with Gasteiger partial charge in [-0.3, -0.25) is 14.9 Å². The van der Waals surface area contributed by atoms with Crippen molar-refractivity contribution in [2.75, 3.05) is 19.4 Å². The number of non-ortho nitro benzene ring substituents is 1. The largest absolute Gasteiger partial charge is 0.452 e. The van der Waals surface area contributed by atoms with Crippen molar-refractivity contribution in [3.05, 3.63) is 68.8 Å². The molecule has 0 bridgehead atoms. The first-order chi connectivity index (χ1) is 12.7. The van der Waals surface area contributed by atoms with Crippen molar-refractivity contribution in [1.29, 1.82) is 0 Å². The van der Waals surface area contributed by atoms with Gasteiger partial charge in [0, 0.05) is 31.4 Å². The maximum absolute atomic E-state index is 12.2. The smallest absolute Gasteiger partial charge is 0.341 e. The Bertz CT molecular complexity index is 895. The summed E-state index contributed by atoms with van der Waals surface area (Å²) >= 11 is 0. The van der Waals surface area contributed by atoms with Crippen LogP contribution in [0.25, 0.3) is 0 Å². The minimum absolute atomic E-state index is 0.0432. The van der Waals surface area contributed by atoms with E-state index >= 15 is 0 Å². The van der Waals surface area contributed by atoms with Gasteiger partial charge >= 0.3 is 5.97 Å². The number of rotatable bonds is 6. The predicted octanol–water partition coefficient (Wildman–Crippen LogP) is 2.61. The number of nitrogen functional groups attached to an aromatic ring is 1. The van der Waals surface area contributed by atoms with Gasteiger partial charge in [0.1, 0.15) is 0 Å². The Labute approximate surface area is 156 Å². The molecule has 2 N–H and O–H groups in total. The molecular formula is C19H21N3O5. The maximum Gasteiger partial charge on any atom is 0.341 e. The van der Waals surface area contributed by atoms with E-state index in [4.69, 9.17) is 10.5 Å². The number of ether oxygens (including phenoxy) is 1. The Kier molecular flexibility index (Phi) is 6.12. The van der Waals surface area contributed by atoms with Gasteiger partial charge < -0.3 is 15.4 Å². The molecule has 0 radical (unpaired) electrons. The molecule has 0 heterocycles. The number of aryl methyl sites for hydroxylation is 2. The average molecular weight is 371 g/mol. The number of amides is 1. The van der Waals surface area contributed by atoms with Crippen molar-refractivity contribution < 1.29 is 19.2 Å². The third-order valence-electron chi connectivity index (χ3n) is 4.13. The number of hydrogen-bond donors (Lipinski definition) is 1. The molecule has 1 amide bonds. The Morgan fingerprint density at radius 1 is 1.19 bits per heavy atom. The summed E-state index contributed by atoms with van der Waals surface area (Å²) in [5, 5.41) is 10.8. The van der Waals surface area contributed by atoms with Crippen molar-refractivity contribution in [3.63, 3.8) is 0 Å². The number of carbonyl (C=O) groups excluding carboxylic acids is 2. The summed E-state index contributed by atoms with van der Waals surface area (Å²) in [7, 11) is 1.61. The van der Waals surface area contributed by atoms with Crippen LogP contribution in [0.15, 0.2) is 36.4 Å². The molecule has 0 saturated carbocycles. The van der Waals surface area contributed by atoms with Gasteiger partial charge in [-0.25, -0.2) is 4.79 Å². The minimum Gasteiger partial charge on any atom is -0.452 e. The van der Waals surface area contributed by atoms with Crippen LogP contribution in [0.4, 0.5) is 11.4 Å². The molecule has 142 valence electrons. The molecule has 0 aliphatic heterocycles. The first-order valence-electron chi connectivity index (χ1n) is 8.20. The normalized spacial score (nSPS) is 10.3. The quantitative estimate of drug-likeness (QED) is 0.361. The van der Waals surface area contributed by atoms with Crippen LogP contribution in [0.2, 0.25) is 0 Å². The summed E-state index contributed by atoms with van der Waals surface area (Å²) in [6.45, 7) is 3.85. The third-order valence-corrected chi connectivity index (χ3v) is 4.13. The first kappa shape index (κ1) is 19.9.